The van der Waals surface area contributed by atoms with Crippen molar-refractivity contribution in [2.45, 2.75) is 50.5 Å². The maximum absolute atomic E-state index is 12.8. The highest BCUT2D eigenvalue weighted by molar-refractivity contribution is 5.99. The van der Waals surface area contributed by atoms with E-state index < -0.39 is 0 Å². The number of aromatic nitrogens is 1. The van der Waals surface area contributed by atoms with Gasteiger partial charge in [-0.2, -0.15) is 0 Å². The number of nitrogen functional groups attached to an aromatic ring is 1. The van der Waals surface area contributed by atoms with Gasteiger partial charge in [0, 0.05) is 36.8 Å². The number of amides is 1. The number of carbonyl (C=O) groups excluding carboxylic acids is 1. The van der Waals surface area contributed by atoms with E-state index in [9.17, 15) is 4.79 Å². The van der Waals surface area contributed by atoms with E-state index in [0.717, 1.165) is 56.2 Å². The van der Waals surface area contributed by atoms with Crippen molar-refractivity contribution in [1.29, 1.82) is 0 Å². The van der Waals surface area contributed by atoms with Crippen LogP contribution >= 0.6 is 0 Å². The number of carbonyl (C=O) groups is 1. The zero-order chi connectivity index (χ0) is 21.9. The number of hydrogen-bond acceptors (Lipinski definition) is 5. The van der Waals surface area contributed by atoms with Crippen LogP contribution in [0.5, 0.6) is 0 Å². The summed E-state index contributed by atoms with van der Waals surface area (Å²) in [7, 11) is 0. The monoisotopic (exact) mass is 434 g/mol. The normalized spacial score (nSPS) is 22.6. The Morgan fingerprint density at radius 2 is 1.88 bits per heavy atom. The zero-order valence-electron chi connectivity index (χ0n) is 18.8. The molecule has 6 heteroatoms. The molecule has 3 heterocycles. The molecule has 1 aliphatic carbocycles. The first-order valence-corrected chi connectivity index (χ1v) is 12.1. The van der Waals surface area contributed by atoms with Gasteiger partial charge in [-0.25, -0.2) is 4.98 Å². The molecular weight excluding hydrogens is 400 g/mol. The summed E-state index contributed by atoms with van der Waals surface area (Å²) in [6, 6.07) is 10.9. The summed E-state index contributed by atoms with van der Waals surface area (Å²) >= 11 is 0. The number of rotatable bonds is 6. The molecule has 2 aromatic rings. The molecule has 0 spiro atoms. The first-order chi connectivity index (χ1) is 15.7. The Hall–Kier alpha value is -2.44. The fourth-order valence-electron chi connectivity index (χ4n) is 5.30. The third-order valence-electron chi connectivity index (χ3n) is 7.31. The van der Waals surface area contributed by atoms with Crippen LogP contribution in [0.2, 0.25) is 0 Å². The van der Waals surface area contributed by atoms with E-state index >= 15 is 0 Å². The number of ether oxygens (including phenoxy) is 1. The van der Waals surface area contributed by atoms with Gasteiger partial charge in [0.05, 0.1) is 18.8 Å². The van der Waals surface area contributed by atoms with Gasteiger partial charge in [-0.05, 0) is 48.9 Å². The fraction of sp³-hybridized carbons (Fsp3) is 0.538. The summed E-state index contributed by atoms with van der Waals surface area (Å²) in [5.74, 6) is 1.50. The van der Waals surface area contributed by atoms with Crippen LogP contribution in [0.1, 0.15) is 60.4 Å². The Bertz CT molecular complexity index is 935. The Morgan fingerprint density at radius 1 is 1.09 bits per heavy atom. The molecule has 2 aliphatic heterocycles. The van der Waals surface area contributed by atoms with E-state index in [1.54, 1.807) is 6.20 Å². The summed E-state index contributed by atoms with van der Waals surface area (Å²) in [5.41, 5.74) is 9.91. The minimum absolute atomic E-state index is 0.108. The molecule has 3 fully saturated rings. The van der Waals surface area contributed by atoms with Crippen molar-refractivity contribution in [3.05, 3.63) is 47.7 Å². The van der Waals surface area contributed by atoms with Crippen molar-refractivity contribution in [2.24, 2.45) is 5.92 Å². The SMILES string of the molecule is Nc1ncc(-c2ccc([C@H]3CCN(CC4COC4)C3)cc2)cc1C(=O)NC1CCCCC1. The summed E-state index contributed by atoms with van der Waals surface area (Å²) in [6.07, 6.45) is 8.69. The molecule has 0 unspecified atom stereocenters. The molecule has 3 N–H and O–H groups in total. The number of likely N-dealkylation sites (tertiary alicyclic amines) is 1. The lowest BCUT2D eigenvalue weighted by Gasteiger charge is -2.30. The van der Waals surface area contributed by atoms with Gasteiger partial charge < -0.3 is 20.7 Å². The highest BCUT2D eigenvalue weighted by Gasteiger charge is 2.28. The van der Waals surface area contributed by atoms with Crippen LogP contribution < -0.4 is 11.1 Å². The number of hydrogen-bond donors (Lipinski definition) is 2. The summed E-state index contributed by atoms with van der Waals surface area (Å²) in [6.45, 7) is 5.31. The Labute approximate surface area is 190 Å². The molecule has 32 heavy (non-hydrogen) atoms. The largest absolute Gasteiger partial charge is 0.383 e. The zero-order valence-corrected chi connectivity index (χ0v) is 18.8. The molecule has 1 atom stereocenters. The highest BCUT2D eigenvalue weighted by Crippen LogP contribution is 2.31. The number of nitrogens with zero attached hydrogens (tertiary/aromatic N) is 2. The number of nitrogens with one attached hydrogen (secondary N) is 1. The Balaban J connectivity index is 1.24. The molecule has 5 rings (SSSR count). The van der Waals surface area contributed by atoms with Crippen molar-refractivity contribution < 1.29 is 9.53 Å². The second kappa shape index (κ2) is 9.59. The number of nitrogens with two attached hydrogens (primary N) is 1. The van der Waals surface area contributed by atoms with Crippen LogP contribution in [0.25, 0.3) is 11.1 Å². The first-order valence-electron chi connectivity index (χ1n) is 12.1. The summed E-state index contributed by atoms with van der Waals surface area (Å²) < 4.78 is 5.32. The van der Waals surface area contributed by atoms with E-state index in [1.165, 1.54) is 37.8 Å². The van der Waals surface area contributed by atoms with E-state index in [-0.39, 0.29) is 11.9 Å². The molecule has 170 valence electrons. The van der Waals surface area contributed by atoms with Gasteiger partial charge in [-0.3, -0.25) is 4.79 Å². The van der Waals surface area contributed by atoms with Gasteiger partial charge in [0.25, 0.3) is 5.91 Å². The topological polar surface area (TPSA) is 80.5 Å². The summed E-state index contributed by atoms with van der Waals surface area (Å²) in [4.78, 5) is 19.7. The number of anilines is 1. The number of pyridine rings is 1. The van der Waals surface area contributed by atoms with Gasteiger partial charge in [-0.15, -0.1) is 0 Å². The third kappa shape index (κ3) is 4.81. The Kier molecular flexibility index (Phi) is 6.42. The molecular formula is C26H34N4O2. The molecule has 0 bridgehead atoms. The highest BCUT2D eigenvalue weighted by atomic mass is 16.5. The second-order valence-electron chi connectivity index (χ2n) is 9.74. The molecule has 6 nitrogen and oxygen atoms in total. The standard InChI is InChI=1S/C26H34N4O2/c27-25-24(26(31)29-23-4-2-1-3-5-23)12-22(13-28-25)20-8-6-19(7-9-20)21-10-11-30(15-21)14-18-16-32-17-18/h6-9,12-13,18,21,23H,1-5,10-11,14-17H2,(H2,27,28)(H,29,31)/t21-/m0/s1. The minimum atomic E-state index is -0.108. The van der Waals surface area contributed by atoms with Crippen molar-refractivity contribution in [2.75, 3.05) is 38.6 Å². The third-order valence-corrected chi connectivity index (χ3v) is 7.31. The van der Waals surface area contributed by atoms with Crippen molar-refractivity contribution in [3.63, 3.8) is 0 Å². The first kappa shape index (κ1) is 21.4. The van der Waals surface area contributed by atoms with Crippen molar-refractivity contribution in [3.8, 4) is 11.1 Å². The quantitative estimate of drug-likeness (QED) is 0.722. The molecule has 1 aromatic carbocycles. The molecule has 1 saturated carbocycles. The van der Waals surface area contributed by atoms with E-state index in [4.69, 9.17) is 10.5 Å². The predicted molar refractivity (Wildman–Crippen MR) is 127 cm³/mol. The molecule has 2 saturated heterocycles. The average Bonchev–Trinajstić information content (AvgIpc) is 3.26. The summed E-state index contributed by atoms with van der Waals surface area (Å²) in [5, 5.41) is 3.16. The van der Waals surface area contributed by atoms with Gasteiger partial charge >= 0.3 is 0 Å². The van der Waals surface area contributed by atoms with Crippen molar-refractivity contribution >= 4 is 11.7 Å². The lowest BCUT2D eigenvalue weighted by Crippen LogP contribution is -2.38. The molecule has 1 amide bonds. The average molecular weight is 435 g/mol. The molecule has 3 aliphatic rings. The maximum atomic E-state index is 12.8. The van der Waals surface area contributed by atoms with Crippen LogP contribution in [0, 0.1) is 5.92 Å². The predicted octanol–water partition coefficient (Wildman–Crippen LogP) is 3.83. The Morgan fingerprint density at radius 3 is 2.59 bits per heavy atom. The van der Waals surface area contributed by atoms with Crippen LogP contribution in [0.15, 0.2) is 36.5 Å². The van der Waals surface area contributed by atoms with Gasteiger partial charge in [0.1, 0.15) is 5.82 Å². The van der Waals surface area contributed by atoms with Gasteiger partial charge in [0.15, 0.2) is 0 Å². The van der Waals surface area contributed by atoms with E-state index in [0.29, 0.717) is 17.3 Å². The van der Waals surface area contributed by atoms with E-state index in [2.05, 4.69) is 39.5 Å². The lowest BCUT2D eigenvalue weighted by atomic mass is 9.94. The van der Waals surface area contributed by atoms with E-state index in [1.807, 2.05) is 6.07 Å². The minimum Gasteiger partial charge on any atom is -0.383 e. The van der Waals surface area contributed by atoms with Crippen LogP contribution in [-0.4, -0.2) is 54.7 Å². The van der Waals surface area contributed by atoms with Crippen LogP contribution in [0.4, 0.5) is 5.82 Å². The molecule has 1 aromatic heterocycles. The van der Waals surface area contributed by atoms with Crippen LogP contribution in [-0.2, 0) is 4.74 Å². The van der Waals surface area contributed by atoms with Gasteiger partial charge in [0.2, 0.25) is 0 Å². The smallest absolute Gasteiger partial charge is 0.255 e. The van der Waals surface area contributed by atoms with Gasteiger partial charge in [-0.1, -0.05) is 43.5 Å². The van der Waals surface area contributed by atoms with Crippen LogP contribution in [0.3, 0.4) is 0 Å². The lowest BCUT2D eigenvalue weighted by molar-refractivity contribution is -0.0440. The number of benzene rings is 1. The molecule has 0 radical (unpaired) electrons. The van der Waals surface area contributed by atoms with Crippen molar-refractivity contribution in [1.82, 2.24) is 15.2 Å². The fourth-order valence-corrected chi connectivity index (χ4v) is 5.30. The second-order valence-corrected chi connectivity index (χ2v) is 9.74. The maximum Gasteiger partial charge on any atom is 0.255 e.